The van der Waals surface area contributed by atoms with E-state index in [0.29, 0.717) is 4.90 Å². The molecule has 2 rings (SSSR count). The highest BCUT2D eigenvalue weighted by atomic mass is 32.2. The minimum absolute atomic E-state index is 0.0632. The first-order valence-corrected chi connectivity index (χ1v) is 10.2. The zero-order valence-corrected chi connectivity index (χ0v) is 15.8. The summed E-state index contributed by atoms with van der Waals surface area (Å²) in [6.07, 6.45) is 5.62. The third-order valence-corrected chi connectivity index (χ3v) is 4.88. The summed E-state index contributed by atoms with van der Waals surface area (Å²) in [5, 5.41) is 2.29. The quantitative estimate of drug-likeness (QED) is 0.346. The van der Waals surface area contributed by atoms with E-state index in [4.69, 9.17) is 11.2 Å². The van der Waals surface area contributed by atoms with Crippen molar-refractivity contribution in [3.05, 3.63) is 35.4 Å². The van der Waals surface area contributed by atoms with Crippen molar-refractivity contribution in [2.75, 3.05) is 25.2 Å². The van der Waals surface area contributed by atoms with Crippen molar-refractivity contribution >= 4 is 33.5 Å². The number of amides is 3. The van der Waals surface area contributed by atoms with Gasteiger partial charge in [-0.25, -0.2) is 13.2 Å². The molecule has 0 saturated heterocycles. The van der Waals surface area contributed by atoms with Crippen molar-refractivity contribution in [2.24, 2.45) is 0 Å². The fourth-order valence-electron chi connectivity index (χ4n) is 2.60. The van der Waals surface area contributed by atoms with Crippen LogP contribution in [0, 0.1) is 12.3 Å². The number of esters is 1. The Morgan fingerprint density at radius 1 is 1.21 bits per heavy atom. The Kier molecular flexibility index (Phi) is 6.53. The van der Waals surface area contributed by atoms with E-state index in [9.17, 15) is 27.6 Å². The summed E-state index contributed by atoms with van der Waals surface area (Å²) in [4.78, 5) is 49.9. The number of sulfone groups is 1. The largest absolute Gasteiger partial charge is 0.454 e. The first-order chi connectivity index (χ1) is 13.2. The van der Waals surface area contributed by atoms with Gasteiger partial charge in [-0.3, -0.25) is 19.3 Å². The van der Waals surface area contributed by atoms with Gasteiger partial charge in [-0.05, 0) is 18.6 Å². The van der Waals surface area contributed by atoms with Crippen molar-refractivity contribution in [1.29, 1.82) is 0 Å². The highest BCUT2D eigenvalue weighted by Crippen LogP contribution is 2.26. The Labute approximate surface area is 161 Å². The molecular weight excluding hydrogens is 388 g/mol. The zero-order chi connectivity index (χ0) is 20.9. The van der Waals surface area contributed by atoms with Gasteiger partial charge < -0.3 is 10.1 Å². The maximum Gasteiger partial charge on any atom is 0.329 e. The minimum atomic E-state index is -3.49. The summed E-state index contributed by atoms with van der Waals surface area (Å²) in [7, 11) is -3.49. The number of rotatable bonds is 8. The number of carbonyl (C=O) groups is 4. The predicted molar refractivity (Wildman–Crippen MR) is 97.9 cm³/mol. The summed E-state index contributed by atoms with van der Waals surface area (Å²) in [5.74, 6) is -1.47. The molecule has 10 heteroatoms. The van der Waals surface area contributed by atoms with Gasteiger partial charge in [-0.1, -0.05) is 18.1 Å². The summed E-state index contributed by atoms with van der Waals surface area (Å²) in [6, 6.07) is 4.51. The van der Waals surface area contributed by atoms with Crippen LogP contribution in [0.5, 0.6) is 0 Å². The molecule has 1 heterocycles. The standard InChI is InChI=1S/C18H18N2O7S/c1-3-9-19-15(21)11-27-18(24)14(8-10-28(2,25)26)20-16(22)12-6-4-5-7-13(12)17(20)23/h1,4-7,14H,8-11H2,2H3,(H,19,21)/t14-/m0/s1. The molecule has 0 aliphatic carbocycles. The number of hydrogen-bond donors (Lipinski definition) is 1. The highest BCUT2D eigenvalue weighted by Gasteiger charge is 2.43. The van der Waals surface area contributed by atoms with E-state index >= 15 is 0 Å². The van der Waals surface area contributed by atoms with E-state index in [-0.39, 0.29) is 24.1 Å². The smallest absolute Gasteiger partial charge is 0.329 e. The van der Waals surface area contributed by atoms with Gasteiger partial charge in [0.15, 0.2) is 6.61 Å². The van der Waals surface area contributed by atoms with Crippen LogP contribution in [0.25, 0.3) is 0 Å². The average Bonchev–Trinajstić information content (AvgIpc) is 2.89. The third kappa shape index (κ3) is 4.95. The number of carbonyl (C=O) groups excluding carboxylic acids is 4. The number of nitrogens with zero attached hydrogens (tertiary/aromatic N) is 1. The summed E-state index contributed by atoms with van der Waals surface area (Å²) in [5.41, 5.74) is 0.216. The molecule has 0 aromatic heterocycles. The minimum Gasteiger partial charge on any atom is -0.454 e. The van der Waals surface area contributed by atoms with Crippen LogP contribution in [0.15, 0.2) is 24.3 Å². The Morgan fingerprint density at radius 2 is 1.79 bits per heavy atom. The molecule has 1 aromatic rings. The van der Waals surface area contributed by atoms with Gasteiger partial charge in [-0.15, -0.1) is 6.42 Å². The molecule has 1 aliphatic heterocycles. The Morgan fingerprint density at radius 3 is 2.29 bits per heavy atom. The van der Waals surface area contributed by atoms with E-state index < -0.39 is 51.9 Å². The molecular formula is C18H18N2O7S. The van der Waals surface area contributed by atoms with Crippen LogP contribution in [0.2, 0.25) is 0 Å². The maximum absolute atomic E-state index is 12.6. The van der Waals surface area contributed by atoms with Gasteiger partial charge in [0.25, 0.3) is 17.7 Å². The van der Waals surface area contributed by atoms with E-state index in [2.05, 4.69) is 11.2 Å². The second-order valence-electron chi connectivity index (χ2n) is 6.05. The Hall–Kier alpha value is -3.19. The lowest BCUT2D eigenvalue weighted by Crippen LogP contribution is -2.47. The first kappa shape index (κ1) is 21.1. The molecule has 0 spiro atoms. The van der Waals surface area contributed by atoms with Gasteiger partial charge in [0, 0.05) is 6.26 Å². The van der Waals surface area contributed by atoms with Crippen molar-refractivity contribution in [3.8, 4) is 12.3 Å². The molecule has 3 amide bonds. The third-order valence-electron chi connectivity index (χ3n) is 3.90. The molecule has 148 valence electrons. The molecule has 1 N–H and O–H groups in total. The lowest BCUT2D eigenvalue weighted by atomic mass is 10.1. The normalized spacial score (nSPS) is 14.2. The van der Waals surface area contributed by atoms with Crippen molar-refractivity contribution in [2.45, 2.75) is 12.5 Å². The molecule has 0 fully saturated rings. The van der Waals surface area contributed by atoms with E-state index in [1.807, 2.05) is 0 Å². The average molecular weight is 406 g/mol. The highest BCUT2D eigenvalue weighted by molar-refractivity contribution is 7.90. The summed E-state index contributed by atoms with van der Waals surface area (Å²) < 4.78 is 27.9. The fraction of sp³-hybridized carbons (Fsp3) is 0.333. The Balaban J connectivity index is 2.22. The van der Waals surface area contributed by atoms with Crippen LogP contribution in [-0.2, 0) is 24.2 Å². The van der Waals surface area contributed by atoms with E-state index in [1.54, 1.807) is 12.1 Å². The second kappa shape index (κ2) is 8.67. The van der Waals surface area contributed by atoms with Crippen LogP contribution < -0.4 is 5.32 Å². The molecule has 28 heavy (non-hydrogen) atoms. The number of benzene rings is 1. The van der Waals surface area contributed by atoms with Gasteiger partial charge in [0.05, 0.1) is 23.4 Å². The van der Waals surface area contributed by atoms with Crippen molar-refractivity contribution < 1.29 is 32.3 Å². The van der Waals surface area contributed by atoms with Crippen LogP contribution in [0.4, 0.5) is 0 Å². The topological polar surface area (TPSA) is 127 Å². The fourth-order valence-corrected chi connectivity index (χ4v) is 3.25. The van der Waals surface area contributed by atoms with Crippen LogP contribution in [0.3, 0.4) is 0 Å². The van der Waals surface area contributed by atoms with Crippen LogP contribution >= 0.6 is 0 Å². The first-order valence-electron chi connectivity index (χ1n) is 8.17. The lowest BCUT2D eigenvalue weighted by Gasteiger charge is -2.24. The zero-order valence-electron chi connectivity index (χ0n) is 15.0. The number of nitrogens with one attached hydrogen (secondary N) is 1. The number of fused-ring (bicyclic) bond motifs is 1. The molecule has 0 radical (unpaired) electrons. The molecule has 0 bridgehead atoms. The number of terminal acetylenes is 1. The molecule has 0 saturated carbocycles. The number of hydrogen-bond acceptors (Lipinski definition) is 7. The Bertz CT molecular complexity index is 927. The van der Waals surface area contributed by atoms with Crippen molar-refractivity contribution in [3.63, 3.8) is 0 Å². The van der Waals surface area contributed by atoms with Gasteiger partial charge in [0.1, 0.15) is 15.9 Å². The van der Waals surface area contributed by atoms with Crippen molar-refractivity contribution in [1.82, 2.24) is 10.2 Å². The number of ether oxygens (including phenoxy) is 1. The molecule has 0 unspecified atom stereocenters. The SMILES string of the molecule is C#CCNC(=O)COC(=O)[C@H](CCS(C)(=O)=O)N1C(=O)c2ccccc2C1=O. The molecule has 9 nitrogen and oxygen atoms in total. The summed E-state index contributed by atoms with van der Waals surface area (Å²) in [6.45, 7) is -0.745. The lowest BCUT2D eigenvalue weighted by molar-refractivity contribution is -0.152. The second-order valence-corrected chi connectivity index (χ2v) is 8.31. The summed E-state index contributed by atoms with van der Waals surface area (Å²) >= 11 is 0. The molecule has 1 atom stereocenters. The van der Waals surface area contributed by atoms with Crippen LogP contribution in [0.1, 0.15) is 27.1 Å². The van der Waals surface area contributed by atoms with E-state index in [1.165, 1.54) is 12.1 Å². The molecule has 1 aromatic carbocycles. The van der Waals surface area contributed by atoms with Gasteiger partial charge in [-0.2, -0.15) is 0 Å². The van der Waals surface area contributed by atoms with E-state index in [0.717, 1.165) is 6.26 Å². The number of imide groups is 1. The molecule has 1 aliphatic rings. The monoisotopic (exact) mass is 406 g/mol. The van der Waals surface area contributed by atoms with Gasteiger partial charge in [0.2, 0.25) is 0 Å². The maximum atomic E-state index is 12.6. The van der Waals surface area contributed by atoms with Gasteiger partial charge >= 0.3 is 5.97 Å². The van der Waals surface area contributed by atoms with Crippen LogP contribution in [-0.4, -0.2) is 68.2 Å². The predicted octanol–water partition coefficient (Wildman–Crippen LogP) is -0.621.